The Balaban J connectivity index is 2.45. The number of nitrogens with one attached hydrogen (secondary N) is 1. The molecule has 1 amide bonds. The second-order valence-corrected chi connectivity index (χ2v) is 5.43. The molecule has 0 bridgehead atoms. The molecular weight excluding hydrogens is 222 g/mol. The molecule has 0 aliphatic carbocycles. The number of carbonyl (C=O) groups excluding carboxylic acids is 1. The second-order valence-electron chi connectivity index (χ2n) is 5.43. The predicted molar refractivity (Wildman–Crippen MR) is 75.3 cm³/mol. The lowest BCUT2D eigenvalue weighted by molar-refractivity contribution is -0.120. The quantitative estimate of drug-likeness (QED) is 0.809. The molecule has 0 aliphatic rings. The summed E-state index contributed by atoms with van der Waals surface area (Å²) < 4.78 is 0. The van der Waals surface area contributed by atoms with Gasteiger partial charge in [-0.2, -0.15) is 0 Å². The minimum Gasteiger partial charge on any atom is -0.355 e. The van der Waals surface area contributed by atoms with Crippen molar-refractivity contribution < 1.29 is 4.79 Å². The molecule has 1 N–H and O–H groups in total. The van der Waals surface area contributed by atoms with Crippen molar-refractivity contribution in [1.29, 1.82) is 0 Å². The van der Waals surface area contributed by atoms with E-state index in [0.717, 1.165) is 6.42 Å². The van der Waals surface area contributed by atoms with Gasteiger partial charge in [0.25, 0.3) is 0 Å². The van der Waals surface area contributed by atoms with Crippen molar-refractivity contribution in [2.75, 3.05) is 6.54 Å². The van der Waals surface area contributed by atoms with Gasteiger partial charge < -0.3 is 5.32 Å². The highest BCUT2D eigenvalue weighted by molar-refractivity contribution is 5.78. The van der Waals surface area contributed by atoms with E-state index in [1.807, 2.05) is 0 Å². The fraction of sp³-hybridized carbons (Fsp3) is 0.438. The molecule has 96 valence electrons. The summed E-state index contributed by atoms with van der Waals surface area (Å²) in [6, 6.07) is 8.54. The van der Waals surface area contributed by atoms with Crippen LogP contribution in [-0.2, 0) is 16.6 Å². The topological polar surface area (TPSA) is 29.1 Å². The summed E-state index contributed by atoms with van der Waals surface area (Å²) in [5.74, 6) is 2.25. The first-order valence-electron chi connectivity index (χ1n) is 6.23. The van der Waals surface area contributed by atoms with Crippen LogP contribution >= 0.6 is 0 Å². The molecule has 0 unspecified atom stereocenters. The summed E-state index contributed by atoms with van der Waals surface area (Å²) in [5, 5.41) is 2.80. The zero-order valence-electron chi connectivity index (χ0n) is 11.4. The monoisotopic (exact) mass is 243 g/mol. The van der Waals surface area contributed by atoms with Gasteiger partial charge in [0.05, 0.1) is 6.42 Å². The molecule has 1 aromatic carbocycles. The van der Waals surface area contributed by atoms with Gasteiger partial charge in [-0.05, 0) is 23.0 Å². The molecule has 2 heteroatoms. The minimum absolute atomic E-state index is 0.0798. The van der Waals surface area contributed by atoms with E-state index in [2.05, 4.69) is 56.3 Å². The van der Waals surface area contributed by atoms with E-state index in [-0.39, 0.29) is 17.7 Å². The minimum atomic E-state index is -0.0798. The van der Waals surface area contributed by atoms with E-state index in [9.17, 15) is 4.79 Å². The highest BCUT2D eigenvalue weighted by Crippen LogP contribution is 2.22. The first-order chi connectivity index (χ1) is 8.43. The Morgan fingerprint density at radius 1 is 1.28 bits per heavy atom. The molecule has 0 fully saturated rings. The Morgan fingerprint density at radius 2 is 1.89 bits per heavy atom. The molecule has 0 heterocycles. The third-order valence-electron chi connectivity index (χ3n) is 2.82. The normalized spacial score (nSPS) is 10.8. The Hall–Kier alpha value is -1.75. The number of benzene rings is 1. The van der Waals surface area contributed by atoms with Crippen LogP contribution in [-0.4, -0.2) is 12.5 Å². The van der Waals surface area contributed by atoms with Crippen LogP contribution in [0.4, 0.5) is 0 Å². The van der Waals surface area contributed by atoms with Crippen molar-refractivity contribution >= 4 is 5.91 Å². The zero-order valence-corrected chi connectivity index (χ0v) is 11.4. The predicted octanol–water partition coefficient (Wildman–Crippen LogP) is 2.67. The van der Waals surface area contributed by atoms with Crippen molar-refractivity contribution in [1.82, 2.24) is 5.32 Å². The maximum absolute atomic E-state index is 11.2. The summed E-state index contributed by atoms with van der Waals surface area (Å²) >= 11 is 0. The van der Waals surface area contributed by atoms with Crippen molar-refractivity contribution in [2.24, 2.45) is 0 Å². The van der Waals surface area contributed by atoms with Gasteiger partial charge >= 0.3 is 0 Å². The van der Waals surface area contributed by atoms with Crippen LogP contribution in [0.3, 0.4) is 0 Å². The maximum Gasteiger partial charge on any atom is 0.232 e. The SMILES string of the molecule is C#CCC(=O)NCCc1ccc(C(C)(C)C)cc1. The van der Waals surface area contributed by atoms with Crippen LogP contribution < -0.4 is 5.32 Å². The molecule has 2 nitrogen and oxygen atoms in total. The van der Waals surface area contributed by atoms with Gasteiger partial charge in [-0.3, -0.25) is 4.79 Å². The smallest absolute Gasteiger partial charge is 0.232 e. The molecule has 0 spiro atoms. The summed E-state index contributed by atoms with van der Waals surface area (Å²) in [6.07, 6.45) is 6.05. The average molecular weight is 243 g/mol. The van der Waals surface area contributed by atoms with Crippen LogP contribution in [0.5, 0.6) is 0 Å². The fourth-order valence-electron chi connectivity index (χ4n) is 1.67. The van der Waals surface area contributed by atoms with E-state index in [1.165, 1.54) is 11.1 Å². The molecule has 0 atom stereocenters. The van der Waals surface area contributed by atoms with Crippen LogP contribution in [0.2, 0.25) is 0 Å². The first-order valence-corrected chi connectivity index (χ1v) is 6.23. The molecule has 18 heavy (non-hydrogen) atoms. The van der Waals surface area contributed by atoms with E-state index < -0.39 is 0 Å². The summed E-state index contributed by atoms with van der Waals surface area (Å²) in [5.41, 5.74) is 2.73. The Morgan fingerprint density at radius 3 is 2.39 bits per heavy atom. The summed E-state index contributed by atoms with van der Waals surface area (Å²) in [6.45, 7) is 7.22. The van der Waals surface area contributed by atoms with E-state index >= 15 is 0 Å². The van der Waals surface area contributed by atoms with Gasteiger partial charge in [-0.15, -0.1) is 6.42 Å². The van der Waals surface area contributed by atoms with Gasteiger partial charge in [-0.25, -0.2) is 0 Å². The molecule has 1 rings (SSSR count). The van der Waals surface area contributed by atoms with E-state index in [4.69, 9.17) is 6.42 Å². The lowest BCUT2D eigenvalue weighted by atomic mass is 9.86. The third-order valence-corrected chi connectivity index (χ3v) is 2.82. The zero-order chi connectivity index (χ0) is 13.6. The number of rotatable bonds is 4. The fourth-order valence-corrected chi connectivity index (χ4v) is 1.67. The number of carbonyl (C=O) groups is 1. The number of hydrogen-bond acceptors (Lipinski definition) is 1. The van der Waals surface area contributed by atoms with E-state index in [1.54, 1.807) is 0 Å². The Kier molecular flexibility index (Phi) is 4.97. The molecule has 0 radical (unpaired) electrons. The van der Waals surface area contributed by atoms with Gasteiger partial charge in [0.15, 0.2) is 0 Å². The van der Waals surface area contributed by atoms with Crippen molar-refractivity contribution in [2.45, 2.75) is 39.0 Å². The standard InChI is InChI=1S/C16H21NO/c1-5-6-15(18)17-12-11-13-7-9-14(10-8-13)16(2,3)4/h1,7-10H,6,11-12H2,2-4H3,(H,17,18). The van der Waals surface area contributed by atoms with Gasteiger partial charge in [0.1, 0.15) is 0 Å². The molecule has 0 aliphatic heterocycles. The number of amides is 1. The molecular formula is C16H21NO. The highest BCUT2D eigenvalue weighted by Gasteiger charge is 2.12. The van der Waals surface area contributed by atoms with Crippen molar-refractivity contribution in [3.63, 3.8) is 0 Å². The summed E-state index contributed by atoms with van der Waals surface area (Å²) in [4.78, 5) is 11.2. The third kappa shape index (κ3) is 4.63. The highest BCUT2D eigenvalue weighted by atomic mass is 16.1. The Labute approximate surface area is 110 Å². The van der Waals surface area contributed by atoms with Crippen LogP contribution in [0.1, 0.15) is 38.3 Å². The van der Waals surface area contributed by atoms with Gasteiger partial charge in [0, 0.05) is 6.54 Å². The molecule has 0 aromatic heterocycles. The molecule has 0 saturated heterocycles. The maximum atomic E-state index is 11.2. The average Bonchev–Trinajstić information content (AvgIpc) is 2.29. The van der Waals surface area contributed by atoms with Gasteiger partial charge in [0.2, 0.25) is 5.91 Å². The van der Waals surface area contributed by atoms with Crippen molar-refractivity contribution in [3.8, 4) is 12.3 Å². The van der Waals surface area contributed by atoms with Crippen LogP contribution in [0.15, 0.2) is 24.3 Å². The largest absolute Gasteiger partial charge is 0.355 e. The number of terminal acetylenes is 1. The van der Waals surface area contributed by atoms with Gasteiger partial charge in [-0.1, -0.05) is 51.0 Å². The lowest BCUT2D eigenvalue weighted by Gasteiger charge is -2.19. The number of hydrogen-bond donors (Lipinski definition) is 1. The van der Waals surface area contributed by atoms with E-state index in [0.29, 0.717) is 6.54 Å². The first kappa shape index (κ1) is 14.3. The lowest BCUT2D eigenvalue weighted by Crippen LogP contribution is -2.24. The van der Waals surface area contributed by atoms with Crippen LogP contribution in [0.25, 0.3) is 0 Å². The Bertz CT molecular complexity index is 432. The summed E-state index contributed by atoms with van der Waals surface area (Å²) in [7, 11) is 0. The second kappa shape index (κ2) is 6.26. The van der Waals surface area contributed by atoms with Crippen molar-refractivity contribution in [3.05, 3.63) is 35.4 Å². The molecule has 0 saturated carbocycles. The molecule has 1 aromatic rings. The van der Waals surface area contributed by atoms with Crippen LogP contribution in [0, 0.1) is 12.3 Å².